The molecule has 2 amide bonds. The van der Waals surface area contributed by atoms with Crippen molar-refractivity contribution in [3.05, 3.63) is 29.3 Å². The van der Waals surface area contributed by atoms with Crippen LogP contribution in [0, 0.1) is 0 Å². The number of rotatable bonds is 13. The lowest BCUT2D eigenvalue weighted by Crippen LogP contribution is -2.45. The summed E-state index contributed by atoms with van der Waals surface area (Å²) >= 11 is 0. The molecule has 1 rings (SSSR count). The van der Waals surface area contributed by atoms with Crippen LogP contribution >= 0.6 is 0 Å². The van der Waals surface area contributed by atoms with Crippen LogP contribution in [-0.2, 0) is 0 Å². The second-order valence-corrected chi connectivity index (χ2v) is 9.81. The normalized spacial score (nSPS) is 11.9. The van der Waals surface area contributed by atoms with E-state index in [9.17, 15) is 4.79 Å². The summed E-state index contributed by atoms with van der Waals surface area (Å²) in [5.74, 6) is 0.740. The van der Waals surface area contributed by atoms with Gasteiger partial charge in [-0.2, -0.15) is 0 Å². The number of hydrogen-bond acceptors (Lipinski definition) is 1. The molecule has 0 atom stereocenters. The number of benzene rings is 1. The maximum atomic E-state index is 12.8. The van der Waals surface area contributed by atoms with Crippen molar-refractivity contribution in [1.82, 2.24) is 5.32 Å². The molecule has 3 heteroatoms. The van der Waals surface area contributed by atoms with E-state index in [4.69, 9.17) is 0 Å². The molecule has 0 radical (unpaired) electrons. The van der Waals surface area contributed by atoms with E-state index in [1.165, 1.54) is 62.5 Å². The van der Waals surface area contributed by atoms with Gasteiger partial charge in [-0.1, -0.05) is 104 Å². The van der Waals surface area contributed by atoms with Gasteiger partial charge in [0.2, 0.25) is 0 Å². The van der Waals surface area contributed by atoms with Crippen LogP contribution in [0.5, 0.6) is 0 Å². The largest absolute Gasteiger partial charge is 0.333 e. The topological polar surface area (TPSA) is 41.1 Å². The Hall–Kier alpha value is -1.51. The van der Waals surface area contributed by atoms with Crippen LogP contribution in [0.15, 0.2) is 18.2 Å². The quantitative estimate of drug-likeness (QED) is 0.320. The number of unbranched alkanes of at least 4 members (excludes halogenated alkanes) is 7. The fourth-order valence-corrected chi connectivity index (χ4v) is 3.91. The second-order valence-electron chi connectivity index (χ2n) is 9.81. The molecule has 0 unspecified atom stereocenters. The first-order valence-electron chi connectivity index (χ1n) is 11.9. The average molecular weight is 403 g/mol. The molecule has 0 aliphatic carbocycles. The second kappa shape index (κ2) is 12.9. The molecule has 1 aromatic rings. The Morgan fingerprint density at radius 3 is 1.83 bits per heavy atom. The molecule has 0 saturated heterocycles. The van der Waals surface area contributed by atoms with Gasteiger partial charge in [-0.05, 0) is 43.2 Å². The first kappa shape index (κ1) is 25.5. The standard InChI is InChI=1S/C26H46N2O/c1-8-9-10-11-12-13-14-15-19-26(6,7)28-25(29)27-24-22(20(2)3)17-16-18-23(24)21(4)5/h16-18,20-21H,8-15,19H2,1-7H3,(H2,27,28,29). The summed E-state index contributed by atoms with van der Waals surface area (Å²) in [7, 11) is 0. The summed E-state index contributed by atoms with van der Waals surface area (Å²) in [5.41, 5.74) is 3.19. The molecule has 0 aromatic heterocycles. The van der Waals surface area contributed by atoms with Crippen molar-refractivity contribution in [2.24, 2.45) is 0 Å². The maximum Gasteiger partial charge on any atom is 0.319 e. The van der Waals surface area contributed by atoms with Crippen LogP contribution in [0.2, 0.25) is 0 Å². The number of carbonyl (C=O) groups is 1. The summed E-state index contributed by atoms with van der Waals surface area (Å²) in [4.78, 5) is 12.8. The van der Waals surface area contributed by atoms with Crippen molar-refractivity contribution in [2.75, 3.05) is 5.32 Å². The molecule has 0 spiro atoms. The SMILES string of the molecule is CCCCCCCCCCC(C)(C)NC(=O)Nc1c(C(C)C)cccc1C(C)C. The van der Waals surface area contributed by atoms with Crippen molar-refractivity contribution in [1.29, 1.82) is 0 Å². The third-order valence-electron chi connectivity index (χ3n) is 5.72. The number of carbonyl (C=O) groups excluding carboxylic acids is 1. The van der Waals surface area contributed by atoms with Crippen LogP contribution in [0.3, 0.4) is 0 Å². The molecule has 0 aliphatic heterocycles. The van der Waals surface area contributed by atoms with Crippen molar-refractivity contribution < 1.29 is 4.79 Å². The Balaban J connectivity index is 2.54. The number of nitrogens with one attached hydrogen (secondary N) is 2. The minimum Gasteiger partial charge on any atom is -0.333 e. The molecule has 0 saturated carbocycles. The molecule has 1 aromatic carbocycles. The monoisotopic (exact) mass is 402 g/mol. The number of hydrogen-bond donors (Lipinski definition) is 2. The first-order chi connectivity index (χ1) is 13.7. The lowest BCUT2D eigenvalue weighted by atomic mass is 9.92. The van der Waals surface area contributed by atoms with Gasteiger partial charge in [0.05, 0.1) is 0 Å². The molecule has 166 valence electrons. The van der Waals surface area contributed by atoms with E-state index in [0.717, 1.165) is 12.1 Å². The van der Waals surface area contributed by atoms with E-state index >= 15 is 0 Å². The lowest BCUT2D eigenvalue weighted by molar-refractivity contribution is 0.238. The Bertz CT molecular complexity index is 578. The maximum absolute atomic E-state index is 12.8. The Morgan fingerprint density at radius 2 is 1.34 bits per heavy atom. The minimum absolute atomic E-state index is 0.0930. The Kier molecular flexibility index (Phi) is 11.4. The van der Waals surface area contributed by atoms with Gasteiger partial charge < -0.3 is 10.6 Å². The van der Waals surface area contributed by atoms with E-state index in [2.05, 4.69) is 77.3 Å². The van der Waals surface area contributed by atoms with Crippen LogP contribution < -0.4 is 10.6 Å². The van der Waals surface area contributed by atoms with Crippen molar-refractivity contribution in [2.45, 2.75) is 124 Å². The molecule has 0 aliphatic rings. The molecular formula is C26H46N2O. The highest BCUT2D eigenvalue weighted by molar-refractivity contribution is 5.91. The van der Waals surface area contributed by atoms with Gasteiger partial charge in [0, 0.05) is 11.2 Å². The highest BCUT2D eigenvalue weighted by Gasteiger charge is 2.22. The molecule has 0 bridgehead atoms. The molecule has 0 heterocycles. The van der Waals surface area contributed by atoms with Gasteiger partial charge in [-0.15, -0.1) is 0 Å². The van der Waals surface area contributed by atoms with Crippen LogP contribution in [0.4, 0.5) is 10.5 Å². The highest BCUT2D eigenvalue weighted by atomic mass is 16.2. The number of anilines is 1. The molecule has 29 heavy (non-hydrogen) atoms. The average Bonchev–Trinajstić information content (AvgIpc) is 2.63. The van der Waals surface area contributed by atoms with Crippen molar-refractivity contribution in [3.8, 4) is 0 Å². The van der Waals surface area contributed by atoms with Gasteiger partial charge in [0.1, 0.15) is 0 Å². The predicted molar refractivity (Wildman–Crippen MR) is 128 cm³/mol. The zero-order valence-electron chi connectivity index (χ0n) is 20.2. The van der Waals surface area contributed by atoms with Gasteiger partial charge in [0.15, 0.2) is 0 Å². The van der Waals surface area contributed by atoms with E-state index in [1.807, 2.05) is 0 Å². The Morgan fingerprint density at radius 1 is 0.862 bits per heavy atom. The number of para-hydroxylation sites is 1. The van der Waals surface area contributed by atoms with E-state index in [1.54, 1.807) is 0 Å². The molecule has 0 fully saturated rings. The van der Waals surface area contributed by atoms with Gasteiger partial charge in [-0.3, -0.25) is 0 Å². The third kappa shape index (κ3) is 9.69. The van der Waals surface area contributed by atoms with E-state index in [-0.39, 0.29) is 11.6 Å². The van der Waals surface area contributed by atoms with Gasteiger partial charge >= 0.3 is 6.03 Å². The fourth-order valence-electron chi connectivity index (χ4n) is 3.91. The van der Waals surface area contributed by atoms with Crippen LogP contribution in [-0.4, -0.2) is 11.6 Å². The fraction of sp³-hybridized carbons (Fsp3) is 0.731. The van der Waals surface area contributed by atoms with Crippen molar-refractivity contribution >= 4 is 11.7 Å². The zero-order chi connectivity index (χ0) is 21.9. The minimum atomic E-state index is -0.197. The predicted octanol–water partition coefficient (Wildman–Crippen LogP) is 8.36. The molecule has 3 nitrogen and oxygen atoms in total. The summed E-state index contributed by atoms with van der Waals surface area (Å²) in [6.45, 7) is 15.2. The van der Waals surface area contributed by atoms with Gasteiger partial charge in [-0.25, -0.2) is 4.79 Å². The van der Waals surface area contributed by atoms with E-state index in [0.29, 0.717) is 11.8 Å². The first-order valence-corrected chi connectivity index (χ1v) is 11.9. The smallest absolute Gasteiger partial charge is 0.319 e. The van der Waals surface area contributed by atoms with E-state index < -0.39 is 0 Å². The van der Waals surface area contributed by atoms with Crippen LogP contribution in [0.25, 0.3) is 0 Å². The lowest BCUT2D eigenvalue weighted by Gasteiger charge is -2.28. The zero-order valence-corrected chi connectivity index (χ0v) is 20.2. The van der Waals surface area contributed by atoms with Gasteiger partial charge in [0.25, 0.3) is 0 Å². The number of urea groups is 1. The van der Waals surface area contributed by atoms with Crippen LogP contribution in [0.1, 0.15) is 129 Å². The summed E-state index contributed by atoms with van der Waals surface area (Å²) in [6.07, 6.45) is 11.5. The third-order valence-corrected chi connectivity index (χ3v) is 5.72. The summed E-state index contributed by atoms with van der Waals surface area (Å²) < 4.78 is 0. The summed E-state index contributed by atoms with van der Waals surface area (Å²) in [6, 6.07) is 6.25. The molecule has 2 N–H and O–H groups in total. The number of amides is 2. The molecular weight excluding hydrogens is 356 g/mol. The highest BCUT2D eigenvalue weighted by Crippen LogP contribution is 2.32. The Labute approximate surface area is 180 Å². The van der Waals surface area contributed by atoms with Crippen molar-refractivity contribution in [3.63, 3.8) is 0 Å². The summed E-state index contributed by atoms with van der Waals surface area (Å²) in [5, 5.41) is 6.38.